The number of nitrogens with zero attached hydrogens (tertiary/aromatic N) is 2. The van der Waals surface area contributed by atoms with Gasteiger partial charge in [-0.15, -0.1) is 0 Å². The molecule has 1 unspecified atom stereocenters. The van der Waals surface area contributed by atoms with E-state index in [1.807, 2.05) is 0 Å². The molecule has 1 heterocycles. The summed E-state index contributed by atoms with van der Waals surface area (Å²) in [6.07, 6.45) is 5.61. The van der Waals surface area contributed by atoms with E-state index in [4.69, 9.17) is 0 Å². The van der Waals surface area contributed by atoms with Gasteiger partial charge in [0, 0.05) is 24.4 Å². The molecule has 6 nitrogen and oxygen atoms in total. The third-order valence-corrected chi connectivity index (χ3v) is 5.63. The Bertz CT molecular complexity index is 726. The zero-order valence-corrected chi connectivity index (χ0v) is 14.6. The molecule has 4 amide bonds. The van der Waals surface area contributed by atoms with Crippen LogP contribution in [0.25, 0.3) is 0 Å². The second kappa shape index (κ2) is 6.79. The number of hydrogen-bond donors (Lipinski definition) is 1. The second-order valence-corrected chi connectivity index (χ2v) is 7.52. The Morgan fingerprint density at radius 2 is 1.62 bits per heavy atom. The Balaban J connectivity index is 1.48. The molecule has 26 heavy (non-hydrogen) atoms. The molecule has 0 spiro atoms. The Hall–Kier alpha value is -2.28. The molecule has 3 fully saturated rings. The third-order valence-electron chi connectivity index (χ3n) is 5.63. The Labute approximate surface area is 151 Å². The van der Waals surface area contributed by atoms with E-state index in [9.17, 15) is 18.8 Å². The van der Waals surface area contributed by atoms with Gasteiger partial charge in [-0.1, -0.05) is 25.0 Å². The van der Waals surface area contributed by atoms with Crippen molar-refractivity contribution in [3.8, 4) is 0 Å². The standard InChI is InChI=1S/C19H22FN3O3/c20-14-7-5-13(6-8-14)11-21(15-9-10-15)12-22-17(24)18(25)23(19(22)26)16-3-1-2-4-16/h5-8,15-16H,1-4,9-12H2/p+1. The van der Waals surface area contributed by atoms with Crippen molar-refractivity contribution in [3.05, 3.63) is 35.6 Å². The molecule has 0 bridgehead atoms. The largest absolute Gasteiger partial charge is 0.338 e. The van der Waals surface area contributed by atoms with E-state index in [1.165, 1.54) is 17.0 Å². The number of halogens is 1. The maximum Gasteiger partial charge on any atom is 0.338 e. The molecule has 4 rings (SSSR count). The van der Waals surface area contributed by atoms with Crippen molar-refractivity contribution in [2.45, 2.75) is 57.2 Å². The molecule has 0 radical (unpaired) electrons. The number of imide groups is 2. The van der Waals surface area contributed by atoms with E-state index in [-0.39, 0.29) is 18.5 Å². The average Bonchev–Trinajstić information content (AvgIpc) is 3.30. The van der Waals surface area contributed by atoms with Gasteiger partial charge in [0.05, 0.1) is 6.04 Å². The van der Waals surface area contributed by atoms with Crippen molar-refractivity contribution in [1.29, 1.82) is 0 Å². The quantitative estimate of drug-likeness (QED) is 0.610. The van der Waals surface area contributed by atoms with Crippen LogP contribution in [0.15, 0.2) is 24.3 Å². The van der Waals surface area contributed by atoms with Crippen molar-refractivity contribution < 1.29 is 23.7 Å². The van der Waals surface area contributed by atoms with Crippen LogP contribution in [-0.4, -0.2) is 46.4 Å². The summed E-state index contributed by atoms with van der Waals surface area (Å²) in [7, 11) is 0. The highest BCUT2D eigenvalue weighted by molar-refractivity contribution is 6.44. The minimum atomic E-state index is -0.709. The fourth-order valence-electron chi connectivity index (χ4n) is 4.03. The molecule has 2 saturated carbocycles. The van der Waals surface area contributed by atoms with Gasteiger partial charge in [0.15, 0.2) is 6.67 Å². The summed E-state index contributed by atoms with van der Waals surface area (Å²) in [5.74, 6) is -1.68. The molecule has 1 atom stereocenters. The number of rotatable bonds is 6. The number of nitrogens with one attached hydrogen (secondary N) is 1. The first kappa shape index (κ1) is 17.1. The smallest absolute Gasteiger partial charge is 0.311 e. The molecule has 2 aliphatic carbocycles. The van der Waals surface area contributed by atoms with Crippen LogP contribution in [0.3, 0.4) is 0 Å². The van der Waals surface area contributed by atoms with Gasteiger partial charge in [0.1, 0.15) is 12.4 Å². The second-order valence-electron chi connectivity index (χ2n) is 7.52. The number of carbonyl (C=O) groups is 3. The molecule has 1 aliphatic heterocycles. The Kier molecular flexibility index (Phi) is 4.48. The molecular weight excluding hydrogens is 337 g/mol. The first-order chi connectivity index (χ1) is 12.5. The van der Waals surface area contributed by atoms with Gasteiger partial charge in [0.2, 0.25) is 0 Å². The molecule has 1 aromatic carbocycles. The molecule has 138 valence electrons. The summed E-state index contributed by atoms with van der Waals surface area (Å²) in [5, 5.41) is 0. The van der Waals surface area contributed by atoms with Gasteiger partial charge >= 0.3 is 17.8 Å². The van der Waals surface area contributed by atoms with Gasteiger partial charge in [-0.05, 0) is 25.0 Å². The van der Waals surface area contributed by atoms with Crippen molar-refractivity contribution >= 4 is 17.8 Å². The van der Waals surface area contributed by atoms with Crippen LogP contribution in [-0.2, 0) is 16.1 Å². The predicted octanol–water partition coefficient (Wildman–Crippen LogP) is 1.06. The van der Waals surface area contributed by atoms with Crippen LogP contribution < -0.4 is 4.90 Å². The van der Waals surface area contributed by atoms with Crippen molar-refractivity contribution in [2.75, 3.05) is 6.67 Å². The maximum absolute atomic E-state index is 13.1. The topological polar surface area (TPSA) is 62.1 Å². The lowest BCUT2D eigenvalue weighted by atomic mass is 10.2. The first-order valence-corrected chi connectivity index (χ1v) is 9.32. The summed E-state index contributed by atoms with van der Waals surface area (Å²) < 4.78 is 13.1. The third kappa shape index (κ3) is 3.23. The van der Waals surface area contributed by atoms with Crippen molar-refractivity contribution in [2.24, 2.45) is 0 Å². The molecule has 1 saturated heterocycles. The highest BCUT2D eigenvalue weighted by atomic mass is 19.1. The van der Waals surface area contributed by atoms with E-state index in [0.29, 0.717) is 12.6 Å². The lowest BCUT2D eigenvalue weighted by molar-refractivity contribution is -0.931. The zero-order valence-electron chi connectivity index (χ0n) is 14.6. The SMILES string of the molecule is O=C1C(=O)N(C2CCCC2)C(=O)N1C[NH+](Cc1ccc(F)cc1)C1CC1. The Morgan fingerprint density at radius 1 is 0.962 bits per heavy atom. The lowest BCUT2D eigenvalue weighted by Crippen LogP contribution is -3.13. The van der Waals surface area contributed by atoms with Crippen LogP contribution in [0.2, 0.25) is 0 Å². The summed E-state index contributed by atoms with van der Waals surface area (Å²) in [6.45, 7) is 0.786. The average molecular weight is 360 g/mol. The maximum atomic E-state index is 13.1. The molecule has 0 aromatic heterocycles. The minimum absolute atomic E-state index is 0.134. The van der Waals surface area contributed by atoms with E-state index < -0.39 is 17.8 Å². The number of benzene rings is 1. The highest BCUT2D eigenvalue weighted by Crippen LogP contribution is 2.27. The van der Waals surface area contributed by atoms with Crippen LogP contribution in [0.4, 0.5) is 9.18 Å². The van der Waals surface area contributed by atoms with Crippen LogP contribution >= 0.6 is 0 Å². The summed E-state index contributed by atoms with van der Waals surface area (Å²) in [5.41, 5.74) is 0.950. The van der Waals surface area contributed by atoms with Crippen LogP contribution in [0.1, 0.15) is 44.1 Å². The number of hydrogen-bond acceptors (Lipinski definition) is 3. The predicted molar refractivity (Wildman–Crippen MR) is 90.3 cm³/mol. The fraction of sp³-hybridized carbons (Fsp3) is 0.526. The van der Waals surface area contributed by atoms with E-state index in [2.05, 4.69) is 0 Å². The monoisotopic (exact) mass is 360 g/mol. The fourth-order valence-corrected chi connectivity index (χ4v) is 4.03. The van der Waals surface area contributed by atoms with Crippen LogP contribution in [0.5, 0.6) is 0 Å². The Morgan fingerprint density at radius 3 is 2.23 bits per heavy atom. The lowest BCUT2D eigenvalue weighted by Gasteiger charge is -2.25. The molecular formula is C19H23FN3O3+. The number of carbonyl (C=O) groups excluding carboxylic acids is 3. The van der Waals surface area contributed by atoms with Gasteiger partial charge in [0.25, 0.3) is 0 Å². The summed E-state index contributed by atoms with van der Waals surface area (Å²) >= 11 is 0. The van der Waals surface area contributed by atoms with Gasteiger partial charge in [-0.25, -0.2) is 14.1 Å². The van der Waals surface area contributed by atoms with E-state index >= 15 is 0 Å². The number of quaternary nitrogens is 1. The summed E-state index contributed by atoms with van der Waals surface area (Å²) in [6, 6.07) is 6.04. The number of amides is 4. The molecule has 3 aliphatic rings. The first-order valence-electron chi connectivity index (χ1n) is 9.32. The van der Waals surface area contributed by atoms with E-state index in [0.717, 1.165) is 53.9 Å². The molecule has 1 N–H and O–H groups in total. The molecule has 7 heteroatoms. The number of urea groups is 1. The highest BCUT2D eigenvalue weighted by Gasteiger charge is 2.50. The molecule has 1 aromatic rings. The van der Waals surface area contributed by atoms with Gasteiger partial charge < -0.3 is 4.90 Å². The zero-order chi connectivity index (χ0) is 18.3. The van der Waals surface area contributed by atoms with Gasteiger partial charge in [-0.2, -0.15) is 0 Å². The summed E-state index contributed by atoms with van der Waals surface area (Å²) in [4.78, 5) is 40.8. The van der Waals surface area contributed by atoms with E-state index in [1.54, 1.807) is 12.1 Å². The normalized spacial score (nSPS) is 22.6. The van der Waals surface area contributed by atoms with Crippen molar-refractivity contribution in [3.63, 3.8) is 0 Å². The van der Waals surface area contributed by atoms with Crippen molar-refractivity contribution in [1.82, 2.24) is 9.80 Å². The van der Waals surface area contributed by atoms with Gasteiger partial charge in [-0.3, -0.25) is 14.5 Å². The minimum Gasteiger partial charge on any atom is -0.311 e. The van der Waals surface area contributed by atoms with Crippen LogP contribution in [0, 0.1) is 5.82 Å².